The summed E-state index contributed by atoms with van der Waals surface area (Å²) >= 11 is 0. The van der Waals surface area contributed by atoms with E-state index >= 15 is 0 Å². The molecule has 2 aromatic carbocycles. The maximum atomic E-state index is 12.9. The van der Waals surface area contributed by atoms with Crippen LogP contribution in [0.5, 0.6) is 0 Å². The van der Waals surface area contributed by atoms with Gasteiger partial charge in [0.15, 0.2) is 0 Å². The lowest BCUT2D eigenvalue weighted by Crippen LogP contribution is -2.34. The van der Waals surface area contributed by atoms with Gasteiger partial charge in [-0.25, -0.2) is 0 Å². The minimum absolute atomic E-state index is 0.277. The highest BCUT2D eigenvalue weighted by molar-refractivity contribution is 6.05. The van der Waals surface area contributed by atoms with Gasteiger partial charge in [0.05, 0.1) is 12.6 Å². The largest absolute Gasteiger partial charge is 0.383 e. The number of methoxy groups -OCH3 is 1. The predicted molar refractivity (Wildman–Crippen MR) is 88.6 cm³/mol. The molecule has 0 bridgehead atoms. The Labute approximate surface area is 127 Å². The summed E-state index contributed by atoms with van der Waals surface area (Å²) in [6, 6.07) is 14.3. The molecular weight excluding hydrogens is 278 g/mol. The third-order valence-corrected chi connectivity index (χ3v) is 3.89. The molecule has 0 spiro atoms. The smallest absolute Gasteiger partial charge is 0.261 e. The highest BCUT2D eigenvalue weighted by atomic mass is 16.5. The van der Waals surface area contributed by atoms with Gasteiger partial charge < -0.3 is 4.74 Å². The maximum Gasteiger partial charge on any atom is 0.261 e. The van der Waals surface area contributed by atoms with Gasteiger partial charge in [-0.05, 0) is 29.8 Å². The molecule has 0 fully saturated rings. The highest BCUT2D eigenvalue weighted by Gasteiger charge is 2.14. The molecule has 0 saturated heterocycles. The normalized spacial score (nSPS) is 12.6. The molecular formula is C18H17NO3. The van der Waals surface area contributed by atoms with E-state index in [1.54, 1.807) is 19.2 Å². The van der Waals surface area contributed by atoms with Crippen molar-refractivity contribution in [2.24, 2.45) is 0 Å². The van der Waals surface area contributed by atoms with Crippen LogP contribution in [0.3, 0.4) is 0 Å². The molecule has 3 rings (SSSR count). The Morgan fingerprint density at radius 2 is 1.27 bits per heavy atom. The van der Waals surface area contributed by atoms with Gasteiger partial charge in [0, 0.05) is 17.9 Å². The summed E-state index contributed by atoms with van der Waals surface area (Å²) in [6.45, 7) is 2.12. The van der Waals surface area contributed by atoms with E-state index in [9.17, 15) is 9.59 Å². The standard InChI is InChI=1S/C18H17NO3/c1-12(11-22-2)19-17(20)15-9-5-3-7-13(15)14-8-4-6-10-16(14)18(19)21/h3-10,12H,11H2,1-2H3/t12-/m1/s1. The number of ether oxygens (including phenoxy) is 1. The molecule has 1 heterocycles. The molecule has 0 radical (unpaired) electrons. The van der Waals surface area contributed by atoms with Crippen molar-refractivity contribution < 1.29 is 4.74 Å². The lowest BCUT2D eigenvalue weighted by Gasteiger charge is -2.11. The number of aromatic nitrogens is 1. The van der Waals surface area contributed by atoms with E-state index in [1.165, 1.54) is 4.57 Å². The third kappa shape index (κ3) is 2.22. The molecule has 3 aromatic rings. The lowest BCUT2D eigenvalue weighted by atomic mass is 10.1. The van der Waals surface area contributed by atoms with Gasteiger partial charge in [0.1, 0.15) is 0 Å². The van der Waals surface area contributed by atoms with Crippen LogP contribution in [0.15, 0.2) is 58.1 Å². The molecule has 22 heavy (non-hydrogen) atoms. The zero-order chi connectivity index (χ0) is 15.7. The van der Waals surface area contributed by atoms with E-state index < -0.39 is 0 Å². The molecule has 112 valence electrons. The molecule has 0 unspecified atom stereocenters. The summed E-state index contributed by atoms with van der Waals surface area (Å²) in [7, 11) is 1.56. The Morgan fingerprint density at radius 1 is 0.864 bits per heavy atom. The number of nitrogens with zero attached hydrogens (tertiary/aromatic N) is 1. The van der Waals surface area contributed by atoms with Crippen LogP contribution in [-0.4, -0.2) is 18.3 Å². The average molecular weight is 295 g/mol. The van der Waals surface area contributed by atoms with E-state index in [-0.39, 0.29) is 17.2 Å². The first-order valence-electron chi connectivity index (χ1n) is 7.20. The van der Waals surface area contributed by atoms with Crippen molar-refractivity contribution in [3.63, 3.8) is 0 Å². The Balaban J connectivity index is 2.61. The summed E-state index contributed by atoms with van der Waals surface area (Å²) in [5.74, 6) is 0. The molecule has 0 aliphatic rings. The second kappa shape index (κ2) is 5.73. The molecule has 0 saturated carbocycles. The van der Waals surface area contributed by atoms with Crippen molar-refractivity contribution in [2.75, 3.05) is 13.7 Å². The van der Waals surface area contributed by atoms with Gasteiger partial charge in [0.2, 0.25) is 0 Å². The Kier molecular flexibility index (Phi) is 3.77. The van der Waals surface area contributed by atoms with Crippen molar-refractivity contribution in [3.8, 4) is 0 Å². The topological polar surface area (TPSA) is 48.3 Å². The van der Waals surface area contributed by atoms with Crippen LogP contribution in [0.2, 0.25) is 0 Å². The summed E-state index contributed by atoms with van der Waals surface area (Å²) < 4.78 is 6.42. The molecule has 0 amide bonds. The molecule has 4 heteroatoms. The average Bonchev–Trinajstić information content (AvgIpc) is 2.63. The molecule has 1 atom stereocenters. The second-order valence-electron chi connectivity index (χ2n) is 5.38. The number of rotatable bonds is 3. The summed E-state index contributed by atoms with van der Waals surface area (Å²) in [5.41, 5.74) is -0.553. The number of hydrogen-bond donors (Lipinski definition) is 0. The Hall–Kier alpha value is -2.46. The summed E-state index contributed by atoms with van der Waals surface area (Å²) in [5, 5.41) is 2.68. The molecule has 0 N–H and O–H groups in total. The van der Waals surface area contributed by atoms with Gasteiger partial charge in [0.25, 0.3) is 11.1 Å². The van der Waals surface area contributed by atoms with Gasteiger partial charge in [-0.3, -0.25) is 14.2 Å². The van der Waals surface area contributed by atoms with Crippen LogP contribution in [0.25, 0.3) is 21.5 Å². The summed E-state index contributed by atoms with van der Waals surface area (Å²) in [4.78, 5) is 25.8. The molecule has 4 nitrogen and oxygen atoms in total. The fourth-order valence-electron chi connectivity index (χ4n) is 2.88. The van der Waals surface area contributed by atoms with Gasteiger partial charge in [-0.1, -0.05) is 36.4 Å². The molecule has 1 aromatic heterocycles. The summed E-state index contributed by atoms with van der Waals surface area (Å²) in [6.07, 6.45) is 0. The van der Waals surface area contributed by atoms with Gasteiger partial charge >= 0.3 is 0 Å². The number of fused-ring (bicyclic) bond motifs is 3. The van der Waals surface area contributed by atoms with Crippen molar-refractivity contribution in [2.45, 2.75) is 13.0 Å². The van der Waals surface area contributed by atoms with Crippen LogP contribution in [0.4, 0.5) is 0 Å². The lowest BCUT2D eigenvalue weighted by molar-refractivity contribution is 0.160. The van der Waals surface area contributed by atoms with Crippen molar-refractivity contribution in [3.05, 3.63) is 69.2 Å². The van der Waals surface area contributed by atoms with E-state index in [1.807, 2.05) is 43.3 Å². The second-order valence-corrected chi connectivity index (χ2v) is 5.38. The SMILES string of the molecule is COC[C@@H](C)n1c(=O)c2ccccc2c2ccccc2c1=O. The monoisotopic (exact) mass is 295 g/mol. The van der Waals surface area contributed by atoms with E-state index in [0.717, 1.165) is 10.8 Å². The van der Waals surface area contributed by atoms with Crippen LogP contribution in [-0.2, 0) is 4.74 Å². The first-order chi connectivity index (χ1) is 10.6. The first-order valence-corrected chi connectivity index (χ1v) is 7.20. The van der Waals surface area contributed by atoms with Gasteiger partial charge in [-0.2, -0.15) is 0 Å². The number of benzene rings is 2. The van der Waals surface area contributed by atoms with E-state index in [4.69, 9.17) is 4.74 Å². The highest BCUT2D eigenvalue weighted by Crippen LogP contribution is 2.19. The van der Waals surface area contributed by atoms with Crippen molar-refractivity contribution in [1.29, 1.82) is 0 Å². The van der Waals surface area contributed by atoms with Crippen molar-refractivity contribution in [1.82, 2.24) is 4.57 Å². The molecule has 0 aliphatic carbocycles. The predicted octanol–water partition coefficient (Wildman–Crippen LogP) is 2.72. The third-order valence-electron chi connectivity index (χ3n) is 3.89. The van der Waals surface area contributed by atoms with E-state index in [2.05, 4.69) is 0 Å². The minimum Gasteiger partial charge on any atom is -0.383 e. The quantitative estimate of drug-likeness (QED) is 0.746. The van der Waals surface area contributed by atoms with E-state index in [0.29, 0.717) is 17.4 Å². The van der Waals surface area contributed by atoms with Gasteiger partial charge in [-0.15, -0.1) is 0 Å². The fraction of sp³-hybridized carbons (Fsp3) is 0.222. The Bertz CT molecular complexity index is 887. The zero-order valence-electron chi connectivity index (χ0n) is 12.6. The van der Waals surface area contributed by atoms with Crippen LogP contribution < -0.4 is 11.1 Å². The Morgan fingerprint density at radius 3 is 1.68 bits per heavy atom. The van der Waals surface area contributed by atoms with Crippen LogP contribution >= 0.6 is 0 Å². The van der Waals surface area contributed by atoms with Crippen LogP contribution in [0.1, 0.15) is 13.0 Å². The van der Waals surface area contributed by atoms with Crippen molar-refractivity contribution >= 4 is 21.5 Å². The fourth-order valence-corrected chi connectivity index (χ4v) is 2.88. The maximum absolute atomic E-state index is 12.9. The number of hydrogen-bond acceptors (Lipinski definition) is 3. The zero-order valence-corrected chi connectivity index (χ0v) is 12.6. The molecule has 0 aliphatic heterocycles. The first kappa shape index (κ1) is 14.5. The minimum atomic E-state index is -0.329. The van der Waals surface area contributed by atoms with Crippen LogP contribution in [0, 0.1) is 0 Å².